The second-order valence-corrected chi connectivity index (χ2v) is 15.9. The summed E-state index contributed by atoms with van der Waals surface area (Å²) in [4.78, 5) is 10.5. The van der Waals surface area contributed by atoms with Gasteiger partial charge in [0, 0.05) is 36.9 Å². The first-order valence-electron chi connectivity index (χ1n) is 19.1. The van der Waals surface area contributed by atoms with Gasteiger partial charge in [0.2, 0.25) is 0 Å². The highest BCUT2D eigenvalue weighted by Crippen LogP contribution is 2.63. The molecule has 2 nitrogen and oxygen atoms in total. The van der Waals surface area contributed by atoms with Crippen LogP contribution >= 0.6 is 11.3 Å². The number of hydrogen-bond donors (Lipinski definition) is 0. The average molecular weight is 729 g/mol. The van der Waals surface area contributed by atoms with Crippen LogP contribution in [0.15, 0.2) is 194 Å². The van der Waals surface area contributed by atoms with Crippen molar-refractivity contribution in [3.63, 3.8) is 0 Å². The molecule has 0 atom stereocenters. The van der Waals surface area contributed by atoms with Crippen molar-refractivity contribution in [2.24, 2.45) is 0 Å². The molecule has 0 saturated carbocycles. The van der Waals surface area contributed by atoms with E-state index in [1.54, 1.807) is 0 Å². The number of nitrogens with zero attached hydrogens (tertiary/aromatic N) is 2. The van der Waals surface area contributed by atoms with Gasteiger partial charge in [0.1, 0.15) is 0 Å². The molecule has 2 aliphatic carbocycles. The van der Waals surface area contributed by atoms with E-state index in [2.05, 4.69) is 188 Å². The van der Waals surface area contributed by atoms with E-state index < -0.39 is 0 Å². The van der Waals surface area contributed by atoms with Crippen molar-refractivity contribution in [2.75, 3.05) is 0 Å². The maximum atomic E-state index is 5.29. The standard InChI is InChI=1S/C53H32N2S/c1-2-13-33(14-3-1)48-32-49(36-26-28-51-43(30-36)42-20-7-11-24-50(42)56-51)55-52(54-48)37-16-12-15-34(29-37)35-25-27-41-40-19-6-10-23-46(40)53(47(41)31-35)44-21-8-4-17-38(44)39-18-5-9-22-45(39)53/h1-32H. The van der Waals surface area contributed by atoms with Crippen LogP contribution in [-0.4, -0.2) is 9.97 Å². The number of benzene rings is 8. The molecule has 56 heavy (non-hydrogen) atoms. The third-order valence-corrected chi connectivity index (χ3v) is 13.1. The Morgan fingerprint density at radius 2 is 0.857 bits per heavy atom. The van der Waals surface area contributed by atoms with Crippen molar-refractivity contribution in [3.8, 4) is 67.3 Å². The van der Waals surface area contributed by atoms with Crippen LogP contribution in [0, 0.1) is 0 Å². The molecule has 0 unspecified atom stereocenters. The van der Waals surface area contributed by atoms with Gasteiger partial charge in [-0.05, 0) is 92.0 Å². The van der Waals surface area contributed by atoms with E-state index in [1.165, 1.54) is 70.2 Å². The summed E-state index contributed by atoms with van der Waals surface area (Å²) in [6.07, 6.45) is 0. The van der Waals surface area contributed by atoms with Crippen LogP contribution in [0.3, 0.4) is 0 Å². The molecular formula is C53H32N2S. The second kappa shape index (κ2) is 12.0. The molecule has 0 saturated heterocycles. The van der Waals surface area contributed by atoms with Crippen LogP contribution in [0.5, 0.6) is 0 Å². The highest BCUT2D eigenvalue weighted by Gasteiger charge is 2.51. The van der Waals surface area contributed by atoms with Crippen molar-refractivity contribution < 1.29 is 0 Å². The van der Waals surface area contributed by atoms with Gasteiger partial charge in [0.15, 0.2) is 5.82 Å². The summed E-state index contributed by atoms with van der Waals surface area (Å²) in [6.45, 7) is 0. The van der Waals surface area contributed by atoms with E-state index in [9.17, 15) is 0 Å². The van der Waals surface area contributed by atoms with Crippen LogP contribution in [-0.2, 0) is 5.41 Å². The number of hydrogen-bond acceptors (Lipinski definition) is 3. The van der Waals surface area contributed by atoms with Crippen LogP contribution in [0.4, 0.5) is 0 Å². The van der Waals surface area contributed by atoms with Gasteiger partial charge in [-0.15, -0.1) is 11.3 Å². The molecule has 3 heteroatoms. The number of thiophene rings is 1. The maximum absolute atomic E-state index is 5.29. The van der Waals surface area contributed by atoms with Gasteiger partial charge in [-0.1, -0.05) is 158 Å². The Morgan fingerprint density at radius 3 is 1.59 bits per heavy atom. The van der Waals surface area contributed by atoms with Gasteiger partial charge < -0.3 is 0 Å². The highest BCUT2D eigenvalue weighted by atomic mass is 32.1. The zero-order valence-corrected chi connectivity index (χ0v) is 31.1. The first-order chi connectivity index (χ1) is 27.7. The molecule has 0 bridgehead atoms. The molecule has 10 aromatic rings. The minimum atomic E-state index is -0.385. The van der Waals surface area contributed by atoms with E-state index in [4.69, 9.17) is 9.97 Å². The van der Waals surface area contributed by atoms with Gasteiger partial charge >= 0.3 is 0 Å². The Kier molecular flexibility index (Phi) is 6.75. The first kappa shape index (κ1) is 31.4. The molecule has 2 aromatic heterocycles. The lowest BCUT2D eigenvalue weighted by Gasteiger charge is -2.30. The Morgan fingerprint density at radius 1 is 0.321 bits per heavy atom. The van der Waals surface area contributed by atoms with E-state index in [0.717, 1.165) is 33.6 Å². The number of rotatable bonds is 4. The second-order valence-electron chi connectivity index (χ2n) is 14.9. The molecular weight excluding hydrogens is 697 g/mol. The summed E-state index contributed by atoms with van der Waals surface area (Å²) in [6, 6.07) is 70.7. The van der Waals surface area contributed by atoms with Crippen molar-refractivity contribution in [1.82, 2.24) is 9.97 Å². The normalized spacial score (nSPS) is 13.1. The molecule has 260 valence electrons. The summed E-state index contributed by atoms with van der Waals surface area (Å²) in [5, 5.41) is 2.54. The maximum Gasteiger partial charge on any atom is 0.160 e. The Balaban J connectivity index is 1.02. The van der Waals surface area contributed by atoms with E-state index in [1.807, 2.05) is 17.4 Å². The van der Waals surface area contributed by atoms with Crippen LogP contribution < -0.4 is 0 Å². The predicted molar refractivity (Wildman–Crippen MR) is 233 cm³/mol. The van der Waals surface area contributed by atoms with Gasteiger partial charge in [-0.3, -0.25) is 0 Å². The molecule has 0 N–H and O–H groups in total. The SMILES string of the molecule is c1ccc(-c2cc(-c3ccc4sc5ccccc5c4c3)nc(-c3cccc(-c4ccc5c(c4)C4(c6ccccc6-c6ccccc64)c4ccccc4-5)c3)n2)cc1. The molecule has 0 aliphatic heterocycles. The minimum Gasteiger partial charge on any atom is -0.228 e. The molecule has 0 amide bonds. The first-order valence-corrected chi connectivity index (χ1v) is 20.0. The van der Waals surface area contributed by atoms with E-state index in [-0.39, 0.29) is 5.41 Å². The third kappa shape index (κ3) is 4.49. The highest BCUT2D eigenvalue weighted by molar-refractivity contribution is 7.25. The van der Waals surface area contributed by atoms with Gasteiger partial charge in [0.25, 0.3) is 0 Å². The Labute approximate surface area is 329 Å². The van der Waals surface area contributed by atoms with E-state index in [0.29, 0.717) is 5.82 Å². The molecule has 2 aliphatic rings. The summed E-state index contributed by atoms with van der Waals surface area (Å²) < 4.78 is 2.58. The zero-order valence-electron chi connectivity index (χ0n) is 30.3. The van der Waals surface area contributed by atoms with E-state index >= 15 is 0 Å². The van der Waals surface area contributed by atoms with Crippen LogP contribution in [0.25, 0.3) is 87.5 Å². The van der Waals surface area contributed by atoms with Crippen LogP contribution in [0.1, 0.15) is 22.3 Å². The largest absolute Gasteiger partial charge is 0.228 e. The fourth-order valence-electron chi connectivity index (χ4n) is 9.48. The number of fused-ring (bicyclic) bond motifs is 13. The average Bonchev–Trinajstić information content (AvgIpc) is 3.90. The lowest BCUT2D eigenvalue weighted by atomic mass is 9.70. The van der Waals surface area contributed by atoms with Gasteiger partial charge in [-0.25, -0.2) is 9.97 Å². The molecule has 1 spiro atoms. The molecule has 0 fully saturated rings. The van der Waals surface area contributed by atoms with Crippen molar-refractivity contribution in [1.29, 1.82) is 0 Å². The summed E-state index contributed by atoms with van der Waals surface area (Å²) >= 11 is 1.84. The molecule has 12 rings (SSSR count). The smallest absolute Gasteiger partial charge is 0.160 e. The Hall–Kier alpha value is -6.94. The van der Waals surface area contributed by atoms with Crippen molar-refractivity contribution in [3.05, 3.63) is 216 Å². The summed E-state index contributed by atoms with van der Waals surface area (Å²) in [5.41, 5.74) is 17.5. The summed E-state index contributed by atoms with van der Waals surface area (Å²) in [5.74, 6) is 0.710. The lowest BCUT2D eigenvalue weighted by Crippen LogP contribution is -2.25. The predicted octanol–water partition coefficient (Wildman–Crippen LogP) is 13.9. The third-order valence-electron chi connectivity index (χ3n) is 11.9. The fourth-order valence-corrected chi connectivity index (χ4v) is 10.6. The van der Waals surface area contributed by atoms with Crippen molar-refractivity contribution in [2.45, 2.75) is 5.41 Å². The lowest BCUT2D eigenvalue weighted by molar-refractivity contribution is 0.794. The van der Waals surface area contributed by atoms with Gasteiger partial charge in [-0.2, -0.15) is 0 Å². The molecule has 8 aromatic carbocycles. The quantitative estimate of drug-likeness (QED) is 0.180. The van der Waals surface area contributed by atoms with Gasteiger partial charge in [0.05, 0.1) is 16.8 Å². The molecule has 2 heterocycles. The minimum absolute atomic E-state index is 0.385. The summed E-state index contributed by atoms with van der Waals surface area (Å²) in [7, 11) is 0. The van der Waals surface area contributed by atoms with Crippen LogP contribution in [0.2, 0.25) is 0 Å². The fraction of sp³-hybridized carbons (Fsp3) is 0.0189. The van der Waals surface area contributed by atoms with Crippen molar-refractivity contribution >= 4 is 31.5 Å². The zero-order chi connectivity index (χ0) is 36.8. The Bertz CT molecular complexity index is 3150. The molecule has 0 radical (unpaired) electrons. The topological polar surface area (TPSA) is 25.8 Å². The number of aromatic nitrogens is 2. The monoisotopic (exact) mass is 728 g/mol.